The lowest BCUT2D eigenvalue weighted by molar-refractivity contribution is -0.121. The summed E-state index contributed by atoms with van der Waals surface area (Å²) >= 11 is 0. The van der Waals surface area contributed by atoms with Gasteiger partial charge in [-0.1, -0.05) is 42.5 Å². The molecule has 5 nitrogen and oxygen atoms in total. The van der Waals surface area contributed by atoms with Gasteiger partial charge in [0.1, 0.15) is 0 Å². The molecular formula is C21H28N2O3S. The van der Waals surface area contributed by atoms with Crippen LogP contribution >= 0.6 is 0 Å². The minimum absolute atomic E-state index is 0.0647. The number of benzene rings is 2. The van der Waals surface area contributed by atoms with Gasteiger partial charge in [0.25, 0.3) is 0 Å². The van der Waals surface area contributed by atoms with E-state index in [9.17, 15) is 13.2 Å². The topological polar surface area (TPSA) is 66.5 Å². The predicted octanol–water partition coefficient (Wildman–Crippen LogP) is 3.01. The highest BCUT2D eigenvalue weighted by Crippen LogP contribution is 2.14. The van der Waals surface area contributed by atoms with E-state index in [0.29, 0.717) is 19.4 Å². The number of nitrogens with one attached hydrogen (secondary N) is 1. The van der Waals surface area contributed by atoms with Gasteiger partial charge in [-0.05, 0) is 48.9 Å². The summed E-state index contributed by atoms with van der Waals surface area (Å²) in [4.78, 5) is 12.2. The van der Waals surface area contributed by atoms with E-state index in [-0.39, 0.29) is 10.8 Å². The Balaban J connectivity index is 1.66. The number of amides is 1. The molecule has 2 aromatic rings. The first-order chi connectivity index (χ1) is 12.9. The first-order valence-corrected chi connectivity index (χ1v) is 10.7. The monoisotopic (exact) mass is 388 g/mol. The van der Waals surface area contributed by atoms with Crippen LogP contribution in [0.15, 0.2) is 59.5 Å². The van der Waals surface area contributed by atoms with Gasteiger partial charge in [0.15, 0.2) is 0 Å². The summed E-state index contributed by atoms with van der Waals surface area (Å²) in [7, 11) is -0.372. The molecule has 1 amide bonds. The van der Waals surface area contributed by atoms with Crippen molar-refractivity contribution in [3.63, 3.8) is 0 Å². The van der Waals surface area contributed by atoms with Crippen LogP contribution in [0.3, 0.4) is 0 Å². The highest BCUT2D eigenvalue weighted by molar-refractivity contribution is 7.89. The van der Waals surface area contributed by atoms with Crippen LogP contribution in [-0.2, 0) is 27.7 Å². The molecule has 0 aliphatic rings. The molecule has 0 saturated carbocycles. The number of carbonyl (C=O) groups is 1. The minimum Gasteiger partial charge on any atom is -0.356 e. The largest absolute Gasteiger partial charge is 0.356 e. The first-order valence-electron chi connectivity index (χ1n) is 9.21. The Labute approximate surface area is 162 Å². The van der Waals surface area contributed by atoms with Gasteiger partial charge in [-0.2, -0.15) is 0 Å². The van der Waals surface area contributed by atoms with Crippen molar-refractivity contribution in [2.24, 2.45) is 0 Å². The van der Waals surface area contributed by atoms with Gasteiger partial charge in [0.2, 0.25) is 15.9 Å². The van der Waals surface area contributed by atoms with Crippen molar-refractivity contribution < 1.29 is 13.2 Å². The molecule has 0 saturated heterocycles. The second-order valence-electron chi connectivity index (χ2n) is 6.72. The zero-order chi connectivity index (χ0) is 19.7. The van der Waals surface area contributed by atoms with Gasteiger partial charge in [0, 0.05) is 27.1 Å². The lowest BCUT2D eigenvalue weighted by atomic mass is 10.1. The van der Waals surface area contributed by atoms with E-state index >= 15 is 0 Å². The lowest BCUT2D eigenvalue weighted by Crippen LogP contribution is -2.25. The van der Waals surface area contributed by atoms with Crippen molar-refractivity contribution in [2.75, 3.05) is 20.6 Å². The average Bonchev–Trinajstić information content (AvgIpc) is 2.66. The van der Waals surface area contributed by atoms with Crippen molar-refractivity contribution in [1.82, 2.24) is 9.62 Å². The van der Waals surface area contributed by atoms with Crippen LogP contribution in [0, 0.1) is 0 Å². The molecule has 0 atom stereocenters. The Kier molecular flexibility index (Phi) is 8.00. The summed E-state index contributed by atoms with van der Waals surface area (Å²) in [6.45, 7) is 0.553. The maximum absolute atomic E-state index is 12.0. The number of hydrogen-bond acceptors (Lipinski definition) is 3. The number of aryl methyl sites for hydroxylation is 1. The molecule has 0 bridgehead atoms. The summed E-state index contributed by atoms with van der Waals surface area (Å²) in [6, 6.07) is 17.1. The van der Waals surface area contributed by atoms with Crippen LogP contribution in [0.1, 0.15) is 30.4 Å². The van der Waals surface area contributed by atoms with E-state index in [4.69, 9.17) is 0 Å². The third-order valence-electron chi connectivity index (χ3n) is 4.40. The van der Waals surface area contributed by atoms with Crippen molar-refractivity contribution in [3.05, 3.63) is 65.7 Å². The fraction of sp³-hybridized carbons (Fsp3) is 0.381. The van der Waals surface area contributed by atoms with E-state index in [1.54, 1.807) is 24.3 Å². The fourth-order valence-corrected chi connectivity index (χ4v) is 3.63. The second-order valence-corrected chi connectivity index (χ2v) is 8.88. The minimum atomic E-state index is -3.40. The van der Waals surface area contributed by atoms with Crippen molar-refractivity contribution in [2.45, 2.75) is 37.0 Å². The van der Waals surface area contributed by atoms with Crippen molar-refractivity contribution >= 4 is 15.9 Å². The van der Waals surface area contributed by atoms with Gasteiger partial charge in [-0.25, -0.2) is 12.7 Å². The third-order valence-corrected chi connectivity index (χ3v) is 6.23. The first kappa shape index (κ1) is 21.1. The fourth-order valence-electron chi connectivity index (χ4n) is 2.73. The molecule has 27 heavy (non-hydrogen) atoms. The lowest BCUT2D eigenvalue weighted by Gasteiger charge is -2.11. The Morgan fingerprint density at radius 3 is 2.15 bits per heavy atom. The summed E-state index contributed by atoms with van der Waals surface area (Å²) in [6.07, 6.45) is 4.08. The summed E-state index contributed by atoms with van der Waals surface area (Å²) < 4.78 is 25.3. The average molecular weight is 389 g/mol. The van der Waals surface area contributed by atoms with E-state index in [0.717, 1.165) is 24.8 Å². The standard InChI is InChI=1S/C21H28N2O3S/c1-23(2)27(25,26)20-14-12-19(13-15-20)16-17-22-21(24)11-7-6-10-18-8-4-3-5-9-18/h3-5,8-9,12-15H,6-7,10-11,16-17H2,1-2H3,(H,22,24). The zero-order valence-electron chi connectivity index (χ0n) is 16.0. The molecule has 0 fully saturated rings. The van der Waals surface area contributed by atoms with Gasteiger partial charge >= 0.3 is 0 Å². The number of hydrogen-bond donors (Lipinski definition) is 1. The van der Waals surface area contributed by atoms with Crippen LogP contribution in [-0.4, -0.2) is 39.3 Å². The van der Waals surface area contributed by atoms with Crippen LogP contribution < -0.4 is 5.32 Å². The van der Waals surface area contributed by atoms with Gasteiger partial charge in [-0.15, -0.1) is 0 Å². The molecule has 1 N–H and O–H groups in total. The Hall–Kier alpha value is -2.18. The van der Waals surface area contributed by atoms with Gasteiger partial charge < -0.3 is 5.32 Å². The molecule has 146 valence electrons. The van der Waals surface area contributed by atoms with Gasteiger partial charge in [0.05, 0.1) is 4.90 Å². The molecule has 0 heterocycles. The predicted molar refractivity (Wildman–Crippen MR) is 108 cm³/mol. The molecule has 2 rings (SSSR count). The highest BCUT2D eigenvalue weighted by Gasteiger charge is 2.16. The molecule has 0 aliphatic carbocycles. The Morgan fingerprint density at radius 2 is 1.52 bits per heavy atom. The summed E-state index contributed by atoms with van der Waals surface area (Å²) in [5.41, 5.74) is 2.30. The molecule has 0 radical (unpaired) electrons. The molecule has 0 unspecified atom stereocenters. The Bertz CT molecular complexity index is 816. The van der Waals surface area contributed by atoms with Crippen LogP contribution in [0.5, 0.6) is 0 Å². The maximum Gasteiger partial charge on any atom is 0.242 e. The summed E-state index contributed by atoms with van der Waals surface area (Å²) in [5.74, 6) is 0.0647. The SMILES string of the molecule is CN(C)S(=O)(=O)c1ccc(CCNC(=O)CCCCc2ccccc2)cc1. The molecular weight excluding hydrogens is 360 g/mol. The number of unbranched alkanes of at least 4 members (excludes halogenated alkanes) is 1. The zero-order valence-corrected chi connectivity index (χ0v) is 16.8. The number of nitrogens with zero attached hydrogens (tertiary/aromatic N) is 1. The smallest absolute Gasteiger partial charge is 0.242 e. The van der Waals surface area contributed by atoms with E-state index < -0.39 is 10.0 Å². The van der Waals surface area contributed by atoms with Gasteiger partial charge in [-0.3, -0.25) is 4.79 Å². The third kappa shape index (κ3) is 6.81. The van der Waals surface area contributed by atoms with Crippen molar-refractivity contribution in [3.8, 4) is 0 Å². The van der Waals surface area contributed by atoms with Crippen LogP contribution in [0.2, 0.25) is 0 Å². The quantitative estimate of drug-likeness (QED) is 0.636. The normalized spacial score (nSPS) is 11.5. The molecule has 2 aromatic carbocycles. The second kappa shape index (κ2) is 10.2. The molecule has 0 aliphatic heterocycles. The van der Waals surface area contributed by atoms with E-state index in [1.165, 1.54) is 24.0 Å². The van der Waals surface area contributed by atoms with Crippen LogP contribution in [0.25, 0.3) is 0 Å². The number of carbonyl (C=O) groups excluding carboxylic acids is 1. The highest BCUT2D eigenvalue weighted by atomic mass is 32.2. The summed E-state index contributed by atoms with van der Waals surface area (Å²) in [5, 5.41) is 2.93. The van der Waals surface area contributed by atoms with E-state index in [1.807, 2.05) is 18.2 Å². The molecule has 6 heteroatoms. The maximum atomic E-state index is 12.0. The number of sulfonamides is 1. The number of rotatable bonds is 10. The molecule has 0 aromatic heterocycles. The molecule has 0 spiro atoms. The van der Waals surface area contributed by atoms with E-state index in [2.05, 4.69) is 17.4 Å². The Morgan fingerprint density at radius 1 is 0.889 bits per heavy atom. The van der Waals surface area contributed by atoms with Crippen molar-refractivity contribution in [1.29, 1.82) is 0 Å². The van der Waals surface area contributed by atoms with Crippen LogP contribution in [0.4, 0.5) is 0 Å².